The van der Waals surface area contributed by atoms with Crippen LogP contribution in [0.1, 0.15) is 25.5 Å². The van der Waals surface area contributed by atoms with Crippen LogP contribution in [-0.4, -0.2) is 31.1 Å². The molecule has 2 unspecified atom stereocenters. The first-order chi connectivity index (χ1) is 9.47. The van der Waals surface area contributed by atoms with Crippen LogP contribution in [0.3, 0.4) is 0 Å². The van der Waals surface area contributed by atoms with E-state index in [9.17, 15) is 8.78 Å². The summed E-state index contributed by atoms with van der Waals surface area (Å²) in [5.74, 6) is -0.533. The minimum absolute atomic E-state index is 0.300. The fourth-order valence-electron chi connectivity index (χ4n) is 1.65. The monoisotopic (exact) mass is 301 g/mol. The molecule has 3 nitrogen and oxygen atoms in total. The summed E-state index contributed by atoms with van der Waals surface area (Å²) < 4.78 is 26.6. The van der Waals surface area contributed by atoms with Crippen molar-refractivity contribution in [3.63, 3.8) is 0 Å². The lowest BCUT2D eigenvalue weighted by Crippen LogP contribution is -2.41. The number of aliphatic imine (C=N–C) groups is 1. The van der Waals surface area contributed by atoms with Crippen molar-refractivity contribution in [1.29, 1.82) is 0 Å². The van der Waals surface area contributed by atoms with Crippen LogP contribution in [-0.2, 0) is 0 Å². The quantitative estimate of drug-likeness (QED) is 0.648. The normalized spacial score (nSPS) is 14.8. The van der Waals surface area contributed by atoms with E-state index in [4.69, 9.17) is 0 Å². The van der Waals surface area contributed by atoms with Crippen LogP contribution in [0.2, 0.25) is 0 Å². The van der Waals surface area contributed by atoms with Crippen LogP contribution in [0.4, 0.5) is 8.78 Å². The van der Waals surface area contributed by atoms with Gasteiger partial charge in [0.2, 0.25) is 0 Å². The fourth-order valence-corrected chi connectivity index (χ4v) is 1.90. The molecule has 0 radical (unpaired) electrons. The van der Waals surface area contributed by atoms with Crippen molar-refractivity contribution < 1.29 is 8.78 Å². The van der Waals surface area contributed by atoms with Gasteiger partial charge in [0.15, 0.2) is 5.96 Å². The Morgan fingerprint density at radius 2 is 2.05 bits per heavy atom. The summed E-state index contributed by atoms with van der Waals surface area (Å²) in [7, 11) is 1.66. The second-order valence-corrected chi connectivity index (χ2v) is 5.81. The summed E-state index contributed by atoms with van der Waals surface area (Å²) in [5, 5.41) is 6.71. The van der Waals surface area contributed by atoms with E-state index in [0.717, 1.165) is 12.6 Å². The van der Waals surface area contributed by atoms with Crippen LogP contribution in [0.5, 0.6) is 0 Å². The Hall–Kier alpha value is -1.30. The summed E-state index contributed by atoms with van der Waals surface area (Å²) in [6, 6.07) is 3.29. The number of nitrogens with one attached hydrogen (secondary N) is 2. The van der Waals surface area contributed by atoms with Crippen molar-refractivity contribution in [3.05, 3.63) is 35.4 Å². The summed E-state index contributed by atoms with van der Waals surface area (Å²) in [4.78, 5) is 4.10. The summed E-state index contributed by atoms with van der Waals surface area (Å²) in [6.07, 6.45) is 2.04. The molecular formula is C14H21F2N3S. The molecule has 1 rings (SSSR count). The molecule has 2 atom stereocenters. The zero-order valence-electron chi connectivity index (χ0n) is 12.2. The van der Waals surface area contributed by atoms with Gasteiger partial charge in [0.1, 0.15) is 11.6 Å². The van der Waals surface area contributed by atoms with Crippen molar-refractivity contribution in [2.45, 2.75) is 25.1 Å². The molecule has 0 aliphatic heterocycles. The molecule has 2 N–H and O–H groups in total. The highest BCUT2D eigenvalue weighted by atomic mass is 32.2. The van der Waals surface area contributed by atoms with Crippen molar-refractivity contribution in [3.8, 4) is 0 Å². The minimum Gasteiger partial charge on any atom is -0.355 e. The lowest BCUT2D eigenvalue weighted by molar-refractivity contribution is 0.551. The predicted molar refractivity (Wildman–Crippen MR) is 82.2 cm³/mol. The van der Waals surface area contributed by atoms with E-state index in [1.165, 1.54) is 12.1 Å². The summed E-state index contributed by atoms with van der Waals surface area (Å²) >= 11 is 1.75. The van der Waals surface area contributed by atoms with Gasteiger partial charge in [-0.2, -0.15) is 11.8 Å². The van der Waals surface area contributed by atoms with Gasteiger partial charge in [-0.15, -0.1) is 0 Å². The van der Waals surface area contributed by atoms with E-state index in [0.29, 0.717) is 16.8 Å². The third-order valence-corrected chi connectivity index (χ3v) is 3.94. The van der Waals surface area contributed by atoms with Gasteiger partial charge in [-0.25, -0.2) is 8.78 Å². The van der Waals surface area contributed by atoms with Crippen LogP contribution in [0, 0.1) is 11.6 Å². The first kappa shape index (κ1) is 16.8. The molecule has 0 spiro atoms. The maximum Gasteiger partial charge on any atom is 0.191 e. The first-order valence-corrected chi connectivity index (χ1v) is 7.71. The van der Waals surface area contributed by atoms with Gasteiger partial charge in [0.25, 0.3) is 0 Å². The van der Waals surface area contributed by atoms with Crippen molar-refractivity contribution in [2.75, 3.05) is 19.8 Å². The molecule has 0 saturated carbocycles. The van der Waals surface area contributed by atoms with E-state index >= 15 is 0 Å². The van der Waals surface area contributed by atoms with Gasteiger partial charge < -0.3 is 10.6 Å². The highest BCUT2D eigenvalue weighted by Crippen LogP contribution is 2.17. The number of halogens is 2. The number of nitrogens with zero attached hydrogens (tertiary/aromatic N) is 1. The third kappa shape index (κ3) is 5.00. The van der Waals surface area contributed by atoms with Crippen LogP contribution >= 0.6 is 11.8 Å². The van der Waals surface area contributed by atoms with E-state index in [1.807, 2.05) is 6.26 Å². The molecule has 1 aromatic carbocycles. The standard InChI is InChI=1S/C14H21F2N3S/c1-9(20-4)8-18-14(17-3)19-10(2)12-6-5-11(15)7-13(12)16/h5-7,9-10H,8H2,1-4H3,(H2,17,18,19). The SMILES string of the molecule is CN=C(NCC(C)SC)NC(C)c1ccc(F)cc1F. The van der Waals surface area contributed by atoms with E-state index in [-0.39, 0.29) is 6.04 Å². The highest BCUT2D eigenvalue weighted by molar-refractivity contribution is 7.99. The number of benzene rings is 1. The average molecular weight is 301 g/mol. The van der Waals surface area contributed by atoms with Crippen LogP contribution in [0.25, 0.3) is 0 Å². The average Bonchev–Trinajstić information content (AvgIpc) is 2.42. The van der Waals surface area contributed by atoms with E-state index in [2.05, 4.69) is 22.5 Å². The maximum absolute atomic E-state index is 13.7. The highest BCUT2D eigenvalue weighted by Gasteiger charge is 2.13. The Morgan fingerprint density at radius 3 is 2.60 bits per heavy atom. The van der Waals surface area contributed by atoms with Crippen molar-refractivity contribution in [1.82, 2.24) is 10.6 Å². The lowest BCUT2D eigenvalue weighted by atomic mass is 10.1. The third-order valence-electron chi connectivity index (χ3n) is 2.97. The molecule has 0 saturated heterocycles. The molecule has 0 fully saturated rings. The summed E-state index contributed by atoms with van der Waals surface area (Å²) in [5.41, 5.74) is 0.410. The van der Waals surface area contributed by atoms with Crippen LogP contribution in [0.15, 0.2) is 23.2 Å². The fraction of sp³-hybridized carbons (Fsp3) is 0.500. The predicted octanol–water partition coefficient (Wildman–Crippen LogP) is 2.94. The molecule has 0 bridgehead atoms. The van der Waals surface area contributed by atoms with Crippen molar-refractivity contribution in [2.24, 2.45) is 4.99 Å². The van der Waals surface area contributed by atoms with Gasteiger partial charge in [0.05, 0.1) is 6.04 Å². The Bertz CT molecular complexity index is 466. The van der Waals surface area contributed by atoms with Gasteiger partial charge in [-0.05, 0) is 19.2 Å². The Kier molecular flexibility index (Phi) is 6.78. The molecule has 0 aliphatic carbocycles. The molecule has 1 aromatic rings. The molecule has 0 heterocycles. The number of hydrogen-bond donors (Lipinski definition) is 2. The zero-order valence-corrected chi connectivity index (χ0v) is 13.0. The molecule has 112 valence electrons. The molecular weight excluding hydrogens is 280 g/mol. The Labute approximate surface area is 123 Å². The largest absolute Gasteiger partial charge is 0.355 e. The number of guanidine groups is 1. The zero-order chi connectivity index (χ0) is 15.1. The smallest absolute Gasteiger partial charge is 0.191 e. The molecule has 0 aliphatic rings. The Morgan fingerprint density at radius 1 is 1.35 bits per heavy atom. The second kappa shape index (κ2) is 8.09. The molecule has 0 amide bonds. The van der Waals surface area contributed by atoms with Gasteiger partial charge in [-0.3, -0.25) is 4.99 Å². The van der Waals surface area contributed by atoms with Gasteiger partial charge in [-0.1, -0.05) is 13.0 Å². The van der Waals surface area contributed by atoms with E-state index < -0.39 is 11.6 Å². The topological polar surface area (TPSA) is 36.4 Å². The number of hydrogen-bond acceptors (Lipinski definition) is 2. The van der Waals surface area contributed by atoms with Gasteiger partial charge >= 0.3 is 0 Å². The van der Waals surface area contributed by atoms with Crippen molar-refractivity contribution >= 4 is 17.7 Å². The van der Waals surface area contributed by atoms with Crippen LogP contribution < -0.4 is 10.6 Å². The molecule has 6 heteroatoms. The summed E-state index contributed by atoms with van der Waals surface area (Å²) in [6.45, 7) is 4.68. The second-order valence-electron chi connectivity index (χ2n) is 4.53. The van der Waals surface area contributed by atoms with E-state index in [1.54, 1.807) is 25.7 Å². The molecule has 0 aromatic heterocycles. The Balaban J connectivity index is 2.65. The first-order valence-electron chi connectivity index (χ1n) is 6.42. The number of rotatable bonds is 5. The lowest BCUT2D eigenvalue weighted by Gasteiger charge is -2.20. The number of thioether (sulfide) groups is 1. The molecule has 20 heavy (non-hydrogen) atoms. The maximum atomic E-state index is 13.7. The van der Waals surface area contributed by atoms with Gasteiger partial charge in [0, 0.05) is 30.5 Å². The minimum atomic E-state index is -0.574.